The third-order valence-electron chi connectivity index (χ3n) is 0.347. The van der Waals surface area contributed by atoms with E-state index in [9.17, 15) is 0 Å². The maximum absolute atomic E-state index is 3.74. The van der Waals surface area contributed by atoms with E-state index in [4.69, 9.17) is 0 Å². The fraction of sp³-hybridized carbons (Fsp3) is 0.500. The lowest BCUT2D eigenvalue weighted by molar-refractivity contribution is 1.43. The molecule has 72 valence electrons. The lowest BCUT2D eigenvalue weighted by Gasteiger charge is -1.41. The van der Waals surface area contributed by atoms with Crippen LogP contribution in [0.1, 0.15) is 34.6 Å². The molecule has 0 radical (unpaired) electrons. The first kappa shape index (κ1) is 17.5. The molecule has 0 amide bonds. The molecule has 2 heteroatoms. The van der Waals surface area contributed by atoms with Crippen LogP contribution in [-0.2, 0) is 0 Å². The summed E-state index contributed by atoms with van der Waals surface area (Å²) in [5.41, 5.74) is 1.79. The quantitative estimate of drug-likeness (QED) is 0.549. The zero-order valence-corrected chi connectivity index (χ0v) is 9.69. The molecule has 0 fully saturated rings. The van der Waals surface area contributed by atoms with Gasteiger partial charge in [0, 0.05) is 11.6 Å². The summed E-state index contributed by atoms with van der Waals surface area (Å²) in [4.78, 5) is 3.74. The maximum atomic E-state index is 3.74. The highest BCUT2D eigenvalue weighted by atomic mass is 32.1. The molecule has 0 spiro atoms. The van der Waals surface area contributed by atoms with Crippen LogP contribution in [0.2, 0.25) is 0 Å². The molecule has 1 nitrogen and oxygen atoms in total. The molecule has 0 N–H and O–H groups in total. The normalized spacial score (nSPS) is 5.42. The smallest absolute Gasteiger partial charge is 0.0791 e. The molecule has 0 unspecified atom stereocenters. The van der Waals surface area contributed by atoms with Crippen LogP contribution in [0.4, 0.5) is 0 Å². The maximum Gasteiger partial charge on any atom is 0.0791 e. The van der Waals surface area contributed by atoms with E-state index in [1.165, 1.54) is 0 Å². The SMILES string of the molecule is C=CC.CC.CC.c1cscn1. The molecule has 0 aromatic carbocycles. The van der Waals surface area contributed by atoms with Crippen molar-refractivity contribution >= 4 is 11.3 Å². The third-order valence-corrected chi connectivity index (χ3v) is 0.869. The van der Waals surface area contributed by atoms with Gasteiger partial charge in [-0.3, -0.25) is 4.98 Å². The van der Waals surface area contributed by atoms with Crippen LogP contribution >= 0.6 is 11.3 Å². The Balaban J connectivity index is -0.000000102. The van der Waals surface area contributed by atoms with Gasteiger partial charge >= 0.3 is 0 Å². The van der Waals surface area contributed by atoms with Crippen molar-refractivity contribution in [1.29, 1.82) is 0 Å². The van der Waals surface area contributed by atoms with Gasteiger partial charge in [0.15, 0.2) is 0 Å². The zero-order valence-electron chi connectivity index (χ0n) is 8.87. The molecular formula is C10H21NS. The van der Waals surface area contributed by atoms with Crippen molar-refractivity contribution in [3.05, 3.63) is 29.7 Å². The topological polar surface area (TPSA) is 12.9 Å². The van der Waals surface area contributed by atoms with Gasteiger partial charge in [-0.1, -0.05) is 33.8 Å². The van der Waals surface area contributed by atoms with Crippen LogP contribution in [-0.4, -0.2) is 4.98 Å². The molecule has 0 saturated heterocycles. The lowest BCUT2D eigenvalue weighted by atomic mass is 10.8. The molecule has 0 saturated carbocycles. The molecule has 1 aromatic heterocycles. The van der Waals surface area contributed by atoms with Crippen LogP contribution in [0, 0.1) is 0 Å². The Morgan fingerprint density at radius 3 is 1.75 bits per heavy atom. The fourth-order valence-corrected chi connectivity index (χ4v) is 0.527. The Kier molecular flexibility index (Phi) is 45.9. The number of hydrogen-bond acceptors (Lipinski definition) is 2. The second-order valence-corrected chi connectivity index (χ2v) is 1.84. The van der Waals surface area contributed by atoms with E-state index in [0.29, 0.717) is 0 Å². The van der Waals surface area contributed by atoms with E-state index < -0.39 is 0 Å². The Bertz CT molecular complexity index is 96.2. The van der Waals surface area contributed by atoms with Gasteiger partial charge in [0.2, 0.25) is 0 Å². The molecule has 1 heterocycles. The van der Waals surface area contributed by atoms with Crippen LogP contribution in [0.15, 0.2) is 29.7 Å². The van der Waals surface area contributed by atoms with E-state index in [0.717, 1.165) is 0 Å². The van der Waals surface area contributed by atoms with Gasteiger partial charge in [0.1, 0.15) is 0 Å². The predicted octanol–water partition coefficient (Wildman–Crippen LogP) is 4.39. The first-order valence-corrected chi connectivity index (χ1v) is 5.25. The van der Waals surface area contributed by atoms with Gasteiger partial charge in [-0.2, -0.15) is 0 Å². The standard InChI is InChI=1S/C3H3NS.C3H6.2C2H6/c1-2-5-3-4-1;1-3-2;2*1-2/h1-3H;3H,1H2,2H3;2*1-2H3. The van der Waals surface area contributed by atoms with Crippen molar-refractivity contribution in [2.75, 3.05) is 0 Å². The summed E-state index contributed by atoms with van der Waals surface area (Å²) in [5, 5.41) is 1.93. The fourth-order valence-electron chi connectivity index (χ4n) is 0.176. The van der Waals surface area contributed by atoms with Crippen LogP contribution in [0.3, 0.4) is 0 Å². The van der Waals surface area contributed by atoms with E-state index in [2.05, 4.69) is 11.6 Å². The highest BCUT2D eigenvalue weighted by Crippen LogP contribution is 1.85. The Morgan fingerprint density at radius 2 is 1.67 bits per heavy atom. The largest absolute Gasteiger partial charge is 0.253 e. The summed E-state index contributed by atoms with van der Waals surface area (Å²) < 4.78 is 0. The summed E-state index contributed by atoms with van der Waals surface area (Å²) in [5.74, 6) is 0. The van der Waals surface area contributed by atoms with Gasteiger partial charge < -0.3 is 0 Å². The first-order chi connectivity index (χ1) is 5.91. The van der Waals surface area contributed by atoms with E-state index in [-0.39, 0.29) is 0 Å². The highest BCUT2D eigenvalue weighted by Gasteiger charge is 1.59. The predicted molar refractivity (Wildman–Crippen MR) is 60.7 cm³/mol. The number of rotatable bonds is 0. The molecule has 0 bridgehead atoms. The van der Waals surface area contributed by atoms with E-state index >= 15 is 0 Å². The number of thiazole rings is 1. The van der Waals surface area contributed by atoms with Gasteiger partial charge in [0.25, 0.3) is 0 Å². The van der Waals surface area contributed by atoms with Crippen molar-refractivity contribution in [2.45, 2.75) is 34.6 Å². The van der Waals surface area contributed by atoms with Crippen LogP contribution < -0.4 is 0 Å². The van der Waals surface area contributed by atoms with Crippen LogP contribution in [0.25, 0.3) is 0 Å². The van der Waals surface area contributed by atoms with Crippen LogP contribution in [0.5, 0.6) is 0 Å². The van der Waals surface area contributed by atoms with Crippen molar-refractivity contribution < 1.29 is 0 Å². The summed E-state index contributed by atoms with van der Waals surface area (Å²) in [6, 6.07) is 0. The Labute approximate surface area is 81.2 Å². The molecular weight excluding hydrogens is 166 g/mol. The molecule has 0 aliphatic heterocycles. The van der Waals surface area contributed by atoms with Gasteiger partial charge in [-0.05, 0) is 6.92 Å². The van der Waals surface area contributed by atoms with E-state index in [1.807, 2.05) is 40.0 Å². The van der Waals surface area contributed by atoms with Gasteiger partial charge in [-0.25, -0.2) is 0 Å². The Hall–Kier alpha value is -0.630. The third kappa shape index (κ3) is 34.4. The molecule has 0 aliphatic carbocycles. The van der Waals surface area contributed by atoms with Crippen molar-refractivity contribution in [3.63, 3.8) is 0 Å². The minimum Gasteiger partial charge on any atom is -0.253 e. The second kappa shape index (κ2) is 31.6. The van der Waals surface area contributed by atoms with Crippen molar-refractivity contribution in [1.82, 2.24) is 4.98 Å². The first-order valence-electron chi connectivity index (χ1n) is 4.31. The summed E-state index contributed by atoms with van der Waals surface area (Å²) in [6.07, 6.45) is 3.52. The molecule has 1 rings (SSSR count). The molecule has 12 heavy (non-hydrogen) atoms. The van der Waals surface area contributed by atoms with Crippen molar-refractivity contribution in [2.24, 2.45) is 0 Å². The summed E-state index contributed by atoms with van der Waals surface area (Å²) in [6.45, 7) is 13.2. The second-order valence-electron chi connectivity index (χ2n) is 1.08. The number of allylic oxidation sites excluding steroid dienone is 1. The average molecular weight is 187 g/mol. The Morgan fingerprint density at radius 1 is 1.25 bits per heavy atom. The lowest BCUT2D eigenvalue weighted by Crippen LogP contribution is -1.38. The molecule has 0 atom stereocenters. The monoisotopic (exact) mass is 187 g/mol. The minimum atomic E-state index is 1.60. The number of nitrogens with zero attached hydrogens (tertiary/aromatic N) is 1. The van der Waals surface area contributed by atoms with Gasteiger partial charge in [0.05, 0.1) is 5.51 Å². The zero-order chi connectivity index (χ0) is 10.2. The number of hydrogen-bond donors (Lipinski definition) is 0. The summed E-state index contributed by atoms with van der Waals surface area (Å²) >= 11 is 1.60. The summed E-state index contributed by atoms with van der Waals surface area (Å²) in [7, 11) is 0. The van der Waals surface area contributed by atoms with E-state index in [1.54, 1.807) is 29.1 Å². The molecule has 0 aliphatic rings. The number of aromatic nitrogens is 1. The van der Waals surface area contributed by atoms with Crippen molar-refractivity contribution in [3.8, 4) is 0 Å². The van der Waals surface area contributed by atoms with Gasteiger partial charge in [-0.15, -0.1) is 17.9 Å². The molecule has 1 aromatic rings. The average Bonchev–Trinajstić information content (AvgIpc) is 2.69. The minimum absolute atomic E-state index is 1.60. The highest BCUT2D eigenvalue weighted by molar-refractivity contribution is 7.07.